The highest BCUT2D eigenvalue weighted by Crippen LogP contribution is 2.26. The van der Waals surface area contributed by atoms with Crippen LogP contribution in [0.5, 0.6) is 0 Å². The largest absolute Gasteiger partial charge is 0.368 e. The highest BCUT2D eigenvalue weighted by molar-refractivity contribution is 9.10. The van der Waals surface area contributed by atoms with Crippen molar-refractivity contribution in [1.29, 1.82) is 0 Å². The van der Waals surface area contributed by atoms with Crippen LogP contribution in [-0.4, -0.2) is 12.5 Å². The molecule has 15 heavy (non-hydrogen) atoms. The minimum absolute atomic E-state index is 0.403. The van der Waals surface area contributed by atoms with Crippen molar-refractivity contribution in [1.82, 2.24) is 5.32 Å². The molecule has 0 saturated heterocycles. The van der Waals surface area contributed by atoms with Gasteiger partial charge >= 0.3 is 0 Å². The number of hydrogen-bond donors (Lipinski definition) is 2. The van der Waals surface area contributed by atoms with Gasteiger partial charge in [0.05, 0.1) is 0 Å². The molecule has 0 spiro atoms. The first-order valence-corrected chi connectivity index (χ1v) is 5.71. The fourth-order valence-electron chi connectivity index (χ4n) is 1.30. The number of halogens is 2. The summed E-state index contributed by atoms with van der Waals surface area (Å²) in [6.45, 7) is 2.59. The van der Waals surface area contributed by atoms with Gasteiger partial charge in [-0.3, -0.25) is 4.79 Å². The van der Waals surface area contributed by atoms with E-state index < -0.39 is 11.9 Å². The van der Waals surface area contributed by atoms with Crippen molar-refractivity contribution in [3.05, 3.63) is 33.3 Å². The lowest BCUT2D eigenvalue weighted by Crippen LogP contribution is -2.33. The second-order valence-corrected chi connectivity index (χ2v) is 4.35. The summed E-state index contributed by atoms with van der Waals surface area (Å²) in [6.07, 6.45) is 0. The molecule has 3 N–H and O–H groups in total. The third kappa shape index (κ3) is 3.19. The molecule has 1 aromatic carbocycles. The molecule has 0 aliphatic heterocycles. The van der Waals surface area contributed by atoms with Crippen molar-refractivity contribution < 1.29 is 4.79 Å². The molecule has 0 aliphatic carbocycles. The van der Waals surface area contributed by atoms with Crippen LogP contribution in [0.15, 0.2) is 22.7 Å². The van der Waals surface area contributed by atoms with E-state index in [4.69, 9.17) is 17.3 Å². The normalized spacial score (nSPS) is 12.5. The molecule has 1 aromatic rings. The van der Waals surface area contributed by atoms with E-state index in [0.717, 1.165) is 10.0 Å². The number of benzene rings is 1. The number of nitrogens with one attached hydrogen (secondary N) is 1. The van der Waals surface area contributed by atoms with Crippen LogP contribution in [0, 0.1) is 0 Å². The summed E-state index contributed by atoms with van der Waals surface area (Å²) in [5, 5.41) is 3.63. The molecule has 1 amide bonds. The van der Waals surface area contributed by atoms with Crippen molar-refractivity contribution in [2.24, 2.45) is 5.73 Å². The third-order valence-corrected chi connectivity index (χ3v) is 2.89. The monoisotopic (exact) mass is 290 g/mol. The van der Waals surface area contributed by atoms with Gasteiger partial charge in [0.25, 0.3) is 0 Å². The van der Waals surface area contributed by atoms with Gasteiger partial charge in [-0.15, -0.1) is 0 Å². The van der Waals surface area contributed by atoms with Crippen LogP contribution in [0.4, 0.5) is 0 Å². The van der Waals surface area contributed by atoms with Gasteiger partial charge in [-0.05, 0) is 24.2 Å². The first-order valence-electron chi connectivity index (χ1n) is 4.54. The van der Waals surface area contributed by atoms with E-state index in [1.807, 2.05) is 6.92 Å². The van der Waals surface area contributed by atoms with Crippen LogP contribution < -0.4 is 11.1 Å². The molecular formula is C10H12BrClN2O. The molecule has 1 atom stereocenters. The Labute approximate surface area is 102 Å². The van der Waals surface area contributed by atoms with Gasteiger partial charge < -0.3 is 11.1 Å². The third-order valence-electron chi connectivity index (χ3n) is 1.97. The molecule has 5 heteroatoms. The Balaban J connectivity index is 3.05. The summed E-state index contributed by atoms with van der Waals surface area (Å²) in [5.41, 5.74) is 6.11. The first kappa shape index (κ1) is 12.5. The lowest BCUT2D eigenvalue weighted by atomic mass is 10.1. The zero-order chi connectivity index (χ0) is 11.4. The van der Waals surface area contributed by atoms with E-state index in [0.29, 0.717) is 11.6 Å². The highest BCUT2D eigenvalue weighted by Gasteiger charge is 2.18. The molecule has 0 aliphatic rings. The van der Waals surface area contributed by atoms with Crippen LogP contribution in [0.1, 0.15) is 18.5 Å². The average molecular weight is 292 g/mol. The van der Waals surface area contributed by atoms with Gasteiger partial charge in [0.1, 0.15) is 6.04 Å². The van der Waals surface area contributed by atoms with E-state index in [1.54, 1.807) is 18.2 Å². The molecule has 0 radical (unpaired) electrons. The number of primary amides is 1. The van der Waals surface area contributed by atoms with Gasteiger partial charge in [-0.1, -0.05) is 40.5 Å². The molecule has 0 heterocycles. The molecule has 0 fully saturated rings. The molecule has 82 valence electrons. The number of hydrogen-bond acceptors (Lipinski definition) is 2. The van der Waals surface area contributed by atoms with Crippen molar-refractivity contribution in [2.75, 3.05) is 6.54 Å². The Bertz CT molecular complexity index is 370. The molecule has 0 bridgehead atoms. The van der Waals surface area contributed by atoms with Gasteiger partial charge in [0.2, 0.25) is 5.91 Å². The number of rotatable bonds is 4. The Morgan fingerprint density at radius 3 is 2.80 bits per heavy atom. The van der Waals surface area contributed by atoms with Crippen LogP contribution in [0.2, 0.25) is 5.02 Å². The standard InChI is InChI=1S/C10H12BrClN2O/c1-2-14-9(10(13)15)7-4-3-6(12)5-8(7)11/h3-5,9,14H,2H2,1H3,(H2,13,15). The van der Waals surface area contributed by atoms with Crippen LogP contribution >= 0.6 is 27.5 Å². The van der Waals surface area contributed by atoms with Crippen LogP contribution in [0.25, 0.3) is 0 Å². The lowest BCUT2D eigenvalue weighted by Gasteiger charge is -2.16. The van der Waals surface area contributed by atoms with E-state index in [-0.39, 0.29) is 0 Å². The Hall–Kier alpha value is -0.580. The Morgan fingerprint density at radius 1 is 1.67 bits per heavy atom. The van der Waals surface area contributed by atoms with Crippen LogP contribution in [-0.2, 0) is 4.79 Å². The predicted octanol–water partition coefficient (Wildman–Crippen LogP) is 2.24. The zero-order valence-electron chi connectivity index (χ0n) is 8.26. The molecule has 0 aromatic heterocycles. The summed E-state index contributed by atoms with van der Waals surface area (Å²) < 4.78 is 0.778. The minimum atomic E-state index is -0.485. The summed E-state index contributed by atoms with van der Waals surface area (Å²) in [7, 11) is 0. The minimum Gasteiger partial charge on any atom is -0.368 e. The summed E-state index contributed by atoms with van der Waals surface area (Å²) in [4.78, 5) is 11.2. The summed E-state index contributed by atoms with van der Waals surface area (Å²) >= 11 is 9.17. The SMILES string of the molecule is CCNC(C(N)=O)c1ccc(Cl)cc1Br. The maximum absolute atomic E-state index is 11.2. The van der Waals surface area contributed by atoms with Crippen LogP contribution in [0.3, 0.4) is 0 Å². The van der Waals surface area contributed by atoms with Crippen molar-refractivity contribution >= 4 is 33.4 Å². The fourth-order valence-corrected chi connectivity index (χ4v) is 2.22. The predicted molar refractivity (Wildman–Crippen MR) is 64.8 cm³/mol. The van der Waals surface area contributed by atoms with Gasteiger partial charge in [0.15, 0.2) is 0 Å². The highest BCUT2D eigenvalue weighted by atomic mass is 79.9. The number of carbonyl (C=O) groups excluding carboxylic acids is 1. The fraction of sp³-hybridized carbons (Fsp3) is 0.300. The van der Waals surface area contributed by atoms with E-state index in [2.05, 4.69) is 21.2 Å². The van der Waals surface area contributed by atoms with Crippen molar-refractivity contribution in [3.63, 3.8) is 0 Å². The maximum atomic E-state index is 11.2. The second-order valence-electron chi connectivity index (χ2n) is 3.06. The quantitative estimate of drug-likeness (QED) is 0.894. The molecular weight excluding hydrogens is 279 g/mol. The van der Waals surface area contributed by atoms with Gasteiger partial charge in [0, 0.05) is 9.50 Å². The van der Waals surface area contributed by atoms with E-state index in [1.165, 1.54) is 0 Å². The number of amides is 1. The zero-order valence-corrected chi connectivity index (χ0v) is 10.6. The molecule has 1 unspecified atom stereocenters. The number of nitrogens with two attached hydrogens (primary N) is 1. The summed E-state index contributed by atoms with van der Waals surface area (Å²) in [5.74, 6) is -0.403. The van der Waals surface area contributed by atoms with Gasteiger partial charge in [-0.2, -0.15) is 0 Å². The lowest BCUT2D eigenvalue weighted by molar-refractivity contribution is -0.120. The second kappa shape index (κ2) is 5.49. The maximum Gasteiger partial charge on any atom is 0.239 e. The first-order chi connectivity index (χ1) is 7.06. The average Bonchev–Trinajstić information content (AvgIpc) is 2.15. The molecule has 0 saturated carbocycles. The summed E-state index contributed by atoms with van der Waals surface area (Å²) in [6, 6.07) is 4.77. The van der Waals surface area contributed by atoms with Gasteiger partial charge in [-0.25, -0.2) is 0 Å². The Kier molecular flexibility index (Phi) is 4.57. The Morgan fingerprint density at radius 2 is 2.33 bits per heavy atom. The van der Waals surface area contributed by atoms with Crippen molar-refractivity contribution in [3.8, 4) is 0 Å². The smallest absolute Gasteiger partial charge is 0.239 e. The van der Waals surface area contributed by atoms with E-state index in [9.17, 15) is 4.79 Å². The molecule has 3 nitrogen and oxygen atoms in total. The topological polar surface area (TPSA) is 55.1 Å². The van der Waals surface area contributed by atoms with E-state index >= 15 is 0 Å². The number of carbonyl (C=O) groups is 1. The number of likely N-dealkylation sites (N-methyl/N-ethyl adjacent to an activating group) is 1. The van der Waals surface area contributed by atoms with Crippen molar-refractivity contribution in [2.45, 2.75) is 13.0 Å². The molecule has 1 rings (SSSR count).